The van der Waals surface area contributed by atoms with Gasteiger partial charge < -0.3 is 5.32 Å². The van der Waals surface area contributed by atoms with Gasteiger partial charge in [-0.05, 0) is 44.8 Å². The molecule has 0 aromatic carbocycles. The van der Waals surface area contributed by atoms with Crippen molar-refractivity contribution in [2.75, 3.05) is 13.1 Å². The van der Waals surface area contributed by atoms with Gasteiger partial charge in [0.05, 0.1) is 0 Å². The number of aryl methyl sites for hydroxylation is 2. The lowest BCUT2D eigenvalue weighted by molar-refractivity contribution is 0.558. The highest BCUT2D eigenvalue weighted by Gasteiger charge is 2.00. The van der Waals surface area contributed by atoms with Gasteiger partial charge in [-0.25, -0.2) is 0 Å². The van der Waals surface area contributed by atoms with Gasteiger partial charge in [0, 0.05) is 18.4 Å². The molecule has 0 bridgehead atoms. The Hall–Kier alpha value is -0.830. The predicted octanol–water partition coefficient (Wildman–Crippen LogP) is 2.23. The molecule has 0 aliphatic heterocycles. The first-order chi connectivity index (χ1) is 7.38. The van der Waals surface area contributed by atoms with Crippen molar-refractivity contribution >= 4 is 0 Å². The van der Waals surface area contributed by atoms with E-state index in [1.165, 1.54) is 18.5 Å². The van der Waals surface area contributed by atoms with E-state index in [4.69, 9.17) is 0 Å². The quantitative estimate of drug-likeness (QED) is 0.665. The molecule has 0 aliphatic carbocycles. The Labute approximate surface area is 92.9 Å². The Morgan fingerprint density at radius 1 is 1.27 bits per heavy atom. The highest BCUT2D eigenvalue weighted by atomic mass is 15.3. The lowest BCUT2D eigenvalue weighted by Gasteiger charge is -2.06. The minimum atomic E-state index is 1.05. The van der Waals surface area contributed by atoms with Gasteiger partial charge in [0.15, 0.2) is 0 Å². The molecule has 0 aliphatic rings. The van der Waals surface area contributed by atoms with Gasteiger partial charge in [0.2, 0.25) is 0 Å². The van der Waals surface area contributed by atoms with Crippen LogP contribution in [0, 0.1) is 0 Å². The first-order valence-corrected chi connectivity index (χ1v) is 6.09. The molecule has 0 amide bonds. The minimum absolute atomic E-state index is 1.05. The second-order valence-electron chi connectivity index (χ2n) is 3.90. The number of nitrogens with zero attached hydrogens (tertiary/aromatic N) is 2. The first kappa shape index (κ1) is 12.2. The second-order valence-corrected chi connectivity index (χ2v) is 3.90. The molecule has 0 radical (unpaired) electrons. The summed E-state index contributed by atoms with van der Waals surface area (Å²) in [6, 6.07) is 2.13. The molecule has 1 aromatic heterocycles. The molecule has 0 saturated carbocycles. The standard InChI is InChI=1S/C12H23N3/c1-3-8-13-9-5-6-12-7-10-14-15(12)11-4-2/h7,10,13H,3-6,8-9,11H2,1-2H3. The van der Waals surface area contributed by atoms with E-state index < -0.39 is 0 Å². The second kappa shape index (κ2) is 7.46. The SMILES string of the molecule is CCCNCCCc1ccnn1CCC. The van der Waals surface area contributed by atoms with Crippen molar-refractivity contribution in [2.45, 2.75) is 46.1 Å². The van der Waals surface area contributed by atoms with Crippen molar-refractivity contribution in [3.8, 4) is 0 Å². The summed E-state index contributed by atoms with van der Waals surface area (Å²) in [4.78, 5) is 0. The molecule has 86 valence electrons. The predicted molar refractivity (Wildman–Crippen MR) is 64.0 cm³/mol. The van der Waals surface area contributed by atoms with Crippen molar-refractivity contribution < 1.29 is 0 Å². The van der Waals surface area contributed by atoms with Crippen LogP contribution < -0.4 is 5.32 Å². The average molecular weight is 209 g/mol. The van der Waals surface area contributed by atoms with Gasteiger partial charge >= 0.3 is 0 Å². The van der Waals surface area contributed by atoms with E-state index in [-0.39, 0.29) is 0 Å². The zero-order chi connectivity index (χ0) is 10.9. The Morgan fingerprint density at radius 2 is 2.13 bits per heavy atom. The number of nitrogens with one attached hydrogen (secondary N) is 1. The summed E-state index contributed by atoms with van der Waals surface area (Å²) >= 11 is 0. The molecule has 0 saturated heterocycles. The van der Waals surface area contributed by atoms with Crippen molar-refractivity contribution in [1.82, 2.24) is 15.1 Å². The topological polar surface area (TPSA) is 29.9 Å². The van der Waals surface area contributed by atoms with Gasteiger partial charge in [-0.3, -0.25) is 4.68 Å². The Balaban J connectivity index is 2.21. The molecule has 0 unspecified atom stereocenters. The molecule has 15 heavy (non-hydrogen) atoms. The maximum atomic E-state index is 4.32. The van der Waals surface area contributed by atoms with Crippen LogP contribution >= 0.6 is 0 Å². The van der Waals surface area contributed by atoms with Crippen molar-refractivity contribution in [3.05, 3.63) is 18.0 Å². The molecule has 1 N–H and O–H groups in total. The normalized spacial score (nSPS) is 10.8. The fourth-order valence-corrected chi connectivity index (χ4v) is 1.68. The summed E-state index contributed by atoms with van der Waals surface area (Å²) in [7, 11) is 0. The van der Waals surface area contributed by atoms with Crippen LogP contribution in [0.3, 0.4) is 0 Å². The summed E-state index contributed by atoms with van der Waals surface area (Å²) in [5, 5.41) is 7.74. The maximum Gasteiger partial charge on any atom is 0.0492 e. The van der Waals surface area contributed by atoms with Crippen LogP contribution in [0.5, 0.6) is 0 Å². The summed E-state index contributed by atoms with van der Waals surface area (Å²) in [5.41, 5.74) is 1.37. The molecule has 1 rings (SSSR count). The third kappa shape index (κ3) is 4.47. The van der Waals surface area contributed by atoms with Crippen LogP contribution in [-0.4, -0.2) is 22.9 Å². The van der Waals surface area contributed by atoms with Crippen LogP contribution in [0.1, 0.15) is 38.8 Å². The van der Waals surface area contributed by atoms with Gasteiger partial charge in [-0.1, -0.05) is 13.8 Å². The monoisotopic (exact) mass is 209 g/mol. The summed E-state index contributed by atoms with van der Waals surface area (Å²) < 4.78 is 2.12. The smallest absolute Gasteiger partial charge is 0.0492 e. The third-order valence-corrected chi connectivity index (χ3v) is 2.45. The van der Waals surface area contributed by atoms with E-state index in [0.29, 0.717) is 0 Å². The van der Waals surface area contributed by atoms with E-state index in [9.17, 15) is 0 Å². The molecule has 1 aromatic rings. The number of aromatic nitrogens is 2. The van der Waals surface area contributed by atoms with Gasteiger partial charge in [-0.2, -0.15) is 5.10 Å². The Bertz CT molecular complexity index is 255. The Kier molecular flexibility index (Phi) is 6.09. The molecule has 3 nitrogen and oxygen atoms in total. The van der Waals surface area contributed by atoms with E-state index in [1.54, 1.807) is 0 Å². The van der Waals surface area contributed by atoms with E-state index >= 15 is 0 Å². The summed E-state index contributed by atoms with van der Waals surface area (Å²) in [6.07, 6.45) is 6.62. The van der Waals surface area contributed by atoms with E-state index in [0.717, 1.165) is 32.5 Å². The van der Waals surface area contributed by atoms with Crippen molar-refractivity contribution in [1.29, 1.82) is 0 Å². The number of hydrogen-bond acceptors (Lipinski definition) is 2. The van der Waals surface area contributed by atoms with Gasteiger partial charge in [0.1, 0.15) is 0 Å². The van der Waals surface area contributed by atoms with Crippen LogP contribution in [0.4, 0.5) is 0 Å². The zero-order valence-corrected chi connectivity index (χ0v) is 10.00. The highest BCUT2D eigenvalue weighted by Crippen LogP contribution is 2.03. The average Bonchev–Trinajstić information content (AvgIpc) is 2.66. The maximum absolute atomic E-state index is 4.32. The molecular weight excluding hydrogens is 186 g/mol. The van der Waals surface area contributed by atoms with E-state index in [1.807, 2.05) is 6.20 Å². The van der Waals surface area contributed by atoms with Crippen molar-refractivity contribution in [3.63, 3.8) is 0 Å². The lowest BCUT2D eigenvalue weighted by atomic mass is 10.2. The van der Waals surface area contributed by atoms with Crippen LogP contribution in [-0.2, 0) is 13.0 Å². The molecular formula is C12H23N3. The fourth-order valence-electron chi connectivity index (χ4n) is 1.68. The van der Waals surface area contributed by atoms with Crippen LogP contribution in [0.15, 0.2) is 12.3 Å². The summed E-state index contributed by atoms with van der Waals surface area (Å²) in [5.74, 6) is 0. The van der Waals surface area contributed by atoms with Crippen molar-refractivity contribution in [2.24, 2.45) is 0 Å². The van der Waals surface area contributed by atoms with Crippen LogP contribution in [0.25, 0.3) is 0 Å². The first-order valence-electron chi connectivity index (χ1n) is 6.09. The van der Waals surface area contributed by atoms with Gasteiger partial charge in [0.25, 0.3) is 0 Å². The molecule has 0 spiro atoms. The number of rotatable bonds is 8. The van der Waals surface area contributed by atoms with Crippen LogP contribution in [0.2, 0.25) is 0 Å². The zero-order valence-electron chi connectivity index (χ0n) is 10.00. The third-order valence-electron chi connectivity index (χ3n) is 2.45. The lowest BCUT2D eigenvalue weighted by Crippen LogP contribution is -2.17. The molecule has 0 fully saturated rings. The highest BCUT2D eigenvalue weighted by molar-refractivity contribution is 5.00. The number of hydrogen-bond donors (Lipinski definition) is 1. The fraction of sp³-hybridized carbons (Fsp3) is 0.750. The molecule has 3 heteroatoms. The Morgan fingerprint density at radius 3 is 2.87 bits per heavy atom. The van der Waals surface area contributed by atoms with Gasteiger partial charge in [-0.15, -0.1) is 0 Å². The van der Waals surface area contributed by atoms with E-state index in [2.05, 4.69) is 35.0 Å². The largest absolute Gasteiger partial charge is 0.317 e. The molecule has 0 atom stereocenters. The summed E-state index contributed by atoms with van der Waals surface area (Å²) in [6.45, 7) is 7.68. The minimum Gasteiger partial charge on any atom is -0.317 e. The molecule has 1 heterocycles.